The molecule has 4 saturated carbocycles. The number of ketones is 1. The van der Waals surface area contributed by atoms with Gasteiger partial charge in [-0.2, -0.15) is 0 Å². The molecule has 4 nitrogen and oxygen atoms in total. The van der Waals surface area contributed by atoms with Crippen LogP contribution in [0.15, 0.2) is 0 Å². The van der Waals surface area contributed by atoms with E-state index >= 15 is 0 Å². The molecule has 0 bridgehead atoms. The Morgan fingerprint density at radius 3 is 2.45 bits per heavy atom. The normalized spacial score (nSPS) is 47.8. The summed E-state index contributed by atoms with van der Waals surface area (Å²) in [5.41, 5.74) is 0.413. The number of ether oxygens (including phenoxy) is 1. The van der Waals surface area contributed by atoms with E-state index in [9.17, 15) is 14.7 Å². The van der Waals surface area contributed by atoms with E-state index in [0.717, 1.165) is 44.9 Å². The van der Waals surface area contributed by atoms with Crippen LogP contribution in [0, 0.1) is 52.3 Å². The highest BCUT2D eigenvalue weighted by Crippen LogP contribution is 2.68. The third kappa shape index (κ3) is 3.60. The third-order valence-electron chi connectivity index (χ3n) is 10.9. The van der Waals surface area contributed by atoms with Crippen LogP contribution in [0.4, 0.5) is 0 Å². The van der Waals surface area contributed by atoms with E-state index in [-0.39, 0.29) is 34.7 Å². The van der Waals surface area contributed by atoms with Crippen molar-refractivity contribution in [1.82, 2.24) is 0 Å². The Morgan fingerprint density at radius 2 is 1.77 bits per heavy atom. The van der Waals surface area contributed by atoms with Gasteiger partial charge in [0, 0.05) is 18.3 Å². The fraction of sp³-hybridized carbons (Fsp3) is 0.926. The summed E-state index contributed by atoms with van der Waals surface area (Å²) in [5.74, 6) is 3.16. The van der Waals surface area contributed by atoms with Crippen molar-refractivity contribution in [2.75, 3.05) is 7.11 Å². The average Bonchev–Trinajstić information content (AvgIpc) is 3.10. The zero-order chi connectivity index (χ0) is 22.6. The minimum absolute atomic E-state index is 0.109. The number of carbonyl (C=O) groups excluding carboxylic acids is 2. The summed E-state index contributed by atoms with van der Waals surface area (Å²) in [5, 5.41) is 10.4. The second kappa shape index (κ2) is 8.47. The largest absolute Gasteiger partial charge is 0.469 e. The van der Waals surface area contributed by atoms with E-state index in [1.165, 1.54) is 20.0 Å². The molecule has 0 aromatic carbocycles. The van der Waals surface area contributed by atoms with Crippen LogP contribution in [-0.2, 0) is 14.3 Å². The molecule has 0 spiro atoms. The summed E-state index contributed by atoms with van der Waals surface area (Å²) < 4.78 is 4.87. The SMILES string of the molecule is CC[C@H]1C(=O)[C@@H]2[C@H](CC[C@]3(C)[C@@H](C(C)CCC(=O)OC)CC[C@@H]23)[C@@]2(C)CC[C@@H](O)C[C@@H]12. The smallest absolute Gasteiger partial charge is 0.305 e. The Bertz CT molecular complexity index is 703. The van der Waals surface area contributed by atoms with Crippen molar-refractivity contribution in [3.63, 3.8) is 0 Å². The van der Waals surface area contributed by atoms with Crippen molar-refractivity contribution in [3.05, 3.63) is 0 Å². The quantitative estimate of drug-likeness (QED) is 0.590. The summed E-state index contributed by atoms with van der Waals surface area (Å²) >= 11 is 0. The lowest BCUT2D eigenvalue weighted by Crippen LogP contribution is -2.60. The number of fused-ring (bicyclic) bond motifs is 5. The van der Waals surface area contributed by atoms with Crippen molar-refractivity contribution in [3.8, 4) is 0 Å². The molecular formula is C27H44O4. The molecule has 0 aliphatic heterocycles. The van der Waals surface area contributed by atoms with Gasteiger partial charge in [-0.05, 0) is 98.2 Å². The number of aliphatic hydroxyl groups excluding tert-OH is 1. The number of aliphatic hydroxyl groups is 1. The first-order chi connectivity index (χ1) is 14.7. The highest BCUT2D eigenvalue weighted by Gasteiger charge is 2.65. The molecule has 0 aromatic rings. The van der Waals surface area contributed by atoms with Crippen molar-refractivity contribution in [2.45, 2.75) is 98.0 Å². The number of esters is 1. The molecule has 4 aliphatic carbocycles. The Morgan fingerprint density at radius 1 is 1.10 bits per heavy atom. The molecule has 31 heavy (non-hydrogen) atoms. The molecule has 176 valence electrons. The fourth-order valence-electron chi connectivity index (χ4n) is 9.26. The third-order valence-corrected chi connectivity index (χ3v) is 10.9. The van der Waals surface area contributed by atoms with E-state index in [4.69, 9.17) is 4.74 Å². The van der Waals surface area contributed by atoms with E-state index in [1.807, 2.05) is 0 Å². The highest BCUT2D eigenvalue weighted by molar-refractivity contribution is 5.86. The van der Waals surface area contributed by atoms with Crippen LogP contribution in [0.1, 0.15) is 91.9 Å². The molecule has 0 amide bonds. The molecule has 0 saturated heterocycles. The van der Waals surface area contributed by atoms with Gasteiger partial charge >= 0.3 is 5.97 Å². The summed E-state index contributed by atoms with van der Waals surface area (Å²) in [7, 11) is 1.47. The topological polar surface area (TPSA) is 63.6 Å². The van der Waals surface area contributed by atoms with Crippen LogP contribution < -0.4 is 0 Å². The molecule has 0 heterocycles. The van der Waals surface area contributed by atoms with Crippen LogP contribution in [0.25, 0.3) is 0 Å². The first-order valence-corrected chi connectivity index (χ1v) is 13.0. The second-order valence-corrected chi connectivity index (χ2v) is 12.0. The van der Waals surface area contributed by atoms with E-state index in [1.54, 1.807) is 0 Å². The van der Waals surface area contributed by atoms with Gasteiger partial charge in [-0.3, -0.25) is 9.59 Å². The number of rotatable bonds is 5. The van der Waals surface area contributed by atoms with Crippen LogP contribution in [0.3, 0.4) is 0 Å². The molecule has 0 aromatic heterocycles. The number of Topliss-reactive ketones (excluding diaryl/α,β-unsaturated/α-hetero) is 1. The van der Waals surface area contributed by atoms with Crippen molar-refractivity contribution < 1.29 is 19.4 Å². The van der Waals surface area contributed by atoms with Crippen molar-refractivity contribution >= 4 is 11.8 Å². The predicted octanol–water partition coefficient (Wildman–Crippen LogP) is 5.41. The van der Waals surface area contributed by atoms with Gasteiger partial charge in [0.2, 0.25) is 0 Å². The number of hydrogen-bond acceptors (Lipinski definition) is 4. The standard InChI is InChI=1S/C27H44O4/c1-6-18-22-15-17(28)11-13-27(22,4)21-12-14-26(3)19(16(2)7-10-23(29)31-5)8-9-20(26)24(21)25(18)30/h16-22,24,28H,6-15H2,1-5H3/t16?,17-,18-,19-,20+,21+,22+,24+,26-,27-/m1/s1. The fourth-order valence-corrected chi connectivity index (χ4v) is 9.26. The number of carbonyl (C=O) groups is 2. The molecule has 1 N–H and O–H groups in total. The maximum atomic E-state index is 14.0. The summed E-state index contributed by atoms with van der Waals surface area (Å²) in [6.07, 6.45) is 9.59. The highest BCUT2D eigenvalue weighted by atomic mass is 16.5. The van der Waals surface area contributed by atoms with Crippen LogP contribution in [0.2, 0.25) is 0 Å². The first kappa shape index (κ1) is 23.3. The van der Waals surface area contributed by atoms with Gasteiger partial charge in [0.25, 0.3) is 0 Å². The molecule has 10 atom stereocenters. The lowest BCUT2D eigenvalue weighted by atomic mass is 9.42. The van der Waals surface area contributed by atoms with Gasteiger partial charge in [0.1, 0.15) is 5.78 Å². The van der Waals surface area contributed by atoms with E-state index < -0.39 is 0 Å². The van der Waals surface area contributed by atoms with Gasteiger partial charge in [-0.25, -0.2) is 0 Å². The summed E-state index contributed by atoms with van der Waals surface area (Å²) in [4.78, 5) is 25.7. The molecule has 4 fully saturated rings. The van der Waals surface area contributed by atoms with Gasteiger partial charge in [0.15, 0.2) is 0 Å². The van der Waals surface area contributed by atoms with E-state index in [0.29, 0.717) is 41.8 Å². The summed E-state index contributed by atoms with van der Waals surface area (Å²) in [6.45, 7) is 9.42. The van der Waals surface area contributed by atoms with Gasteiger partial charge in [0.05, 0.1) is 13.2 Å². The van der Waals surface area contributed by atoms with Crippen molar-refractivity contribution in [2.24, 2.45) is 52.3 Å². The molecular weight excluding hydrogens is 388 g/mol. The Labute approximate surface area is 188 Å². The second-order valence-electron chi connectivity index (χ2n) is 12.0. The number of hydrogen-bond donors (Lipinski definition) is 1. The first-order valence-electron chi connectivity index (χ1n) is 13.0. The Hall–Kier alpha value is -0.900. The van der Waals surface area contributed by atoms with Gasteiger partial charge in [-0.15, -0.1) is 0 Å². The molecule has 4 heteroatoms. The lowest BCUT2D eigenvalue weighted by Gasteiger charge is -2.62. The minimum Gasteiger partial charge on any atom is -0.469 e. The Kier molecular flexibility index (Phi) is 6.35. The lowest BCUT2D eigenvalue weighted by molar-refractivity contribution is -0.173. The van der Waals surface area contributed by atoms with Crippen molar-refractivity contribution in [1.29, 1.82) is 0 Å². The monoisotopic (exact) mass is 432 g/mol. The Balaban J connectivity index is 1.59. The molecule has 4 aliphatic rings. The maximum absolute atomic E-state index is 14.0. The van der Waals surface area contributed by atoms with Crippen LogP contribution in [0.5, 0.6) is 0 Å². The maximum Gasteiger partial charge on any atom is 0.305 e. The predicted molar refractivity (Wildman–Crippen MR) is 121 cm³/mol. The zero-order valence-corrected chi connectivity index (χ0v) is 20.4. The van der Waals surface area contributed by atoms with Gasteiger partial charge in [-0.1, -0.05) is 27.7 Å². The van der Waals surface area contributed by atoms with Crippen LogP contribution >= 0.6 is 0 Å². The molecule has 4 rings (SSSR count). The minimum atomic E-state index is -0.225. The van der Waals surface area contributed by atoms with E-state index in [2.05, 4.69) is 27.7 Å². The zero-order valence-electron chi connectivity index (χ0n) is 20.4. The average molecular weight is 433 g/mol. The molecule has 0 radical (unpaired) electrons. The number of methoxy groups -OCH3 is 1. The van der Waals surface area contributed by atoms with Gasteiger partial charge < -0.3 is 9.84 Å². The molecule has 1 unspecified atom stereocenters. The summed E-state index contributed by atoms with van der Waals surface area (Å²) in [6, 6.07) is 0. The van der Waals surface area contributed by atoms with Crippen LogP contribution in [-0.4, -0.2) is 30.1 Å².